The minimum Gasteiger partial charge on any atom is -0.465 e. The average Bonchev–Trinajstić information content (AvgIpc) is 2.85. The van der Waals surface area contributed by atoms with Crippen molar-refractivity contribution in [2.45, 2.75) is 18.0 Å². The molecule has 2 rings (SSSR count). The fourth-order valence-electron chi connectivity index (χ4n) is 1.91. The van der Waals surface area contributed by atoms with Crippen molar-refractivity contribution in [2.75, 3.05) is 19.3 Å². The molecule has 108 valence electrons. The number of carboxylic acid groups (broad SMARTS) is 1. The van der Waals surface area contributed by atoms with E-state index in [2.05, 4.69) is 20.7 Å². The first-order chi connectivity index (χ1) is 9.72. The van der Waals surface area contributed by atoms with Crippen molar-refractivity contribution in [3.63, 3.8) is 0 Å². The molecule has 0 fully saturated rings. The molecule has 2 aromatic rings. The Labute approximate surface area is 120 Å². The van der Waals surface area contributed by atoms with E-state index in [1.807, 2.05) is 23.0 Å². The summed E-state index contributed by atoms with van der Waals surface area (Å²) in [6, 6.07) is 2.02. The fraction of sp³-hybridized carbons (Fsp3) is 0.417. The quantitative estimate of drug-likeness (QED) is 0.525. The molecular weight excluding hydrogens is 278 g/mol. The van der Waals surface area contributed by atoms with Crippen LogP contribution in [0.15, 0.2) is 23.6 Å². The highest BCUT2D eigenvalue weighted by molar-refractivity contribution is 7.98. The van der Waals surface area contributed by atoms with Crippen molar-refractivity contribution in [3.05, 3.63) is 24.2 Å². The summed E-state index contributed by atoms with van der Waals surface area (Å²) in [4.78, 5) is 14.5. The topological polar surface area (TPSA) is 91.5 Å². The molecule has 3 N–H and O–H groups in total. The first kappa shape index (κ1) is 14.6. The van der Waals surface area contributed by atoms with Gasteiger partial charge in [-0.05, 0) is 30.9 Å². The number of rotatable bonds is 7. The predicted octanol–water partition coefficient (Wildman–Crippen LogP) is 1.20. The van der Waals surface area contributed by atoms with Crippen LogP contribution in [0.2, 0.25) is 0 Å². The second kappa shape index (κ2) is 7.11. The van der Waals surface area contributed by atoms with Gasteiger partial charge in [-0.1, -0.05) is 0 Å². The zero-order valence-corrected chi connectivity index (χ0v) is 12.0. The molecule has 1 amide bonds. The lowest BCUT2D eigenvalue weighted by Gasteiger charge is -2.06. The molecular formula is C12H17N5O2S. The highest BCUT2D eigenvalue weighted by atomic mass is 32.2. The molecule has 7 nitrogen and oxygen atoms in total. The van der Waals surface area contributed by atoms with E-state index in [9.17, 15) is 4.79 Å². The molecule has 0 saturated heterocycles. The van der Waals surface area contributed by atoms with Crippen molar-refractivity contribution in [2.24, 2.45) is 0 Å². The maximum absolute atomic E-state index is 10.3. The number of hydrogen-bond donors (Lipinski definition) is 3. The highest BCUT2D eigenvalue weighted by Gasteiger charge is 2.08. The Bertz CT molecular complexity index is 586. The summed E-state index contributed by atoms with van der Waals surface area (Å²) in [5.74, 6) is 0. The molecule has 0 unspecified atom stereocenters. The summed E-state index contributed by atoms with van der Waals surface area (Å²) in [6.45, 7) is 1.92. The van der Waals surface area contributed by atoms with Gasteiger partial charge in [0.2, 0.25) is 0 Å². The lowest BCUT2D eigenvalue weighted by Crippen LogP contribution is -2.25. The van der Waals surface area contributed by atoms with Gasteiger partial charge in [-0.2, -0.15) is 5.10 Å². The van der Waals surface area contributed by atoms with Crippen molar-refractivity contribution in [3.8, 4) is 0 Å². The third-order valence-electron chi connectivity index (χ3n) is 2.82. The normalized spacial score (nSPS) is 10.8. The average molecular weight is 295 g/mol. The zero-order chi connectivity index (χ0) is 14.4. The van der Waals surface area contributed by atoms with Gasteiger partial charge in [0.25, 0.3) is 0 Å². The Hall–Kier alpha value is -1.80. The van der Waals surface area contributed by atoms with E-state index in [1.54, 1.807) is 18.1 Å². The van der Waals surface area contributed by atoms with Crippen molar-refractivity contribution in [1.29, 1.82) is 0 Å². The lowest BCUT2D eigenvalue weighted by atomic mass is 10.3. The van der Waals surface area contributed by atoms with Crippen LogP contribution in [0.1, 0.15) is 12.0 Å². The van der Waals surface area contributed by atoms with E-state index in [4.69, 9.17) is 5.11 Å². The Morgan fingerprint density at radius 1 is 1.50 bits per heavy atom. The number of fused-ring (bicyclic) bond motifs is 1. The molecule has 0 bridgehead atoms. The summed E-state index contributed by atoms with van der Waals surface area (Å²) in [7, 11) is 0. The first-order valence-corrected chi connectivity index (χ1v) is 7.47. The Morgan fingerprint density at radius 3 is 3.10 bits per heavy atom. The van der Waals surface area contributed by atoms with E-state index < -0.39 is 6.09 Å². The molecule has 0 saturated carbocycles. The molecule has 0 aliphatic heterocycles. The molecule has 8 heteroatoms. The van der Waals surface area contributed by atoms with Crippen LogP contribution in [0.5, 0.6) is 0 Å². The van der Waals surface area contributed by atoms with Crippen molar-refractivity contribution in [1.82, 2.24) is 25.2 Å². The molecule has 2 aromatic heterocycles. The van der Waals surface area contributed by atoms with Gasteiger partial charge in [-0.3, -0.25) is 0 Å². The highest BCUT2D eigenvalue weighted by Crippen LogP contribution is 2.21. The SMILES string of the molecule is CSc1ncnn2ccc(CNCCCNC(=O)O)c12. The number of hydrogen-bond acceptors (Lipinski definition) is 5. The molecule has 0 aliphatic carbocycles. The summed E-state index contributed by atoms with van der Waals surface area (Å²) in [5, 5.41) is 19.2. The third kappa shape index (κ3) is 3.61. The summed E-state index contributed by atoms with van der Waals surface area (Å²) < 4.78 is 1.82. The van der Waals surface area contributed by atoms with E-state index in [1.165, 1.54) is 0 Å². The van der Waals surface area contributed by atoms with Crippen LogP contribution in [0.25, 0.3) is 5.52 Å². The number of aromatic nitrogens is 3. The van der Waals surface area contributed by atoms with Gasteiger partial charge in [-0.25, -0.2) is 14.3 Å². The molecule has 0 aromatic carbocycles. The third-order valence-corrected chi connectivity index (χ3v) is 3.50. The smallest absolute Gasteiger partial charge is 0.404 e. The van der Waals surface area contributed by atoms with Crippen LogP contribution >= 0.6 is 11.8 Å². The van der Waals surface area contributed by atoms with Gasteiger partial charge < -0.3 is 15.7 Å². The van der Waals surface area contributed by atoms with Crippen LogP contribution in [0.3, 0.4) is 0 Å². The van der Waals surface area contributed by atoms with Crippen LogP contribution in [-0.4, -0.2) is 45.1 Å². The van der Waals surface area contributed by atoms with Crippen LogP contribution in [-0.2, 0) is 6.54 Å². The summed E-state index contributed by atoms with van der Waals surface area (Å²) >= 11 is 1.59. The van der Waals surface area contributed by atoms with Gasteiger partial charge in [0.1, 0.15) is 16.9 Å². The Balaban J connectivity index is 1.89. The van der Waals surface area contributed by atoms with E-state index in [0.29, 0.717) is 13.1 Å². The van der Waals surface area contributed by atoms with Crippen LogP contribution in [0, 0.1) is 0 Å². The molecule has 20 heavy (non-hydrogen) atoms. The van der Waals surface area contributed by atoms with E-state index >= 15 is 0 Å². The number of carbonyl (C=O) groups is 1. The number of thioether (sulfide) groups is 1. The second-order valence-electron chi connectivity index (χ2n) is 4.17. The molecule has 0 atom stereocenters. The monoisotopic (exact) mass is 295 g/mol. The maximum atomic E-state index is 10.3. The molecule has 2 heterocycles. The maximum Gasteiger partial charge on any atom is 0.404 e. The summed E-state index contributed by atoms with van der Waals surface area (Å²) in [5.41, 5.74) is 2.16. The Morgan fingerprint density at radius 2 is 2.35 bits per heavy atom. The van der Waals surface area contributed by atoms with Crippen LogP contribution in [0.4, 0.5) is 4.79 Å². The molecule has 0 radical (unpaired) electrons. The molecule has 0 spiro atoms. The lowest BCUT2D eigenvalue weighted by molar-refractivity contribution is 0.194. The van der Waals surface area contributed by atoms with Crippen LogP contribution < -0.4 is 10.6 Å². The fourth-order valence-corrected chi connectivity index (χ4v) is 2.48. The predicted molar refractivity (Wildman–Crippen MR) is 77.1 cm³/mol. The van der Waals surface area contributed by atoms with Gasteiger partial charge in [-0.15, -0.1) is 11.8 Å². The zero-order valence-electron chi connectivity index (χ0n) is 11.2. The summed E-state index contributed by atoms with van der Waals surface area (Å²) in [6.07, 6.45) is 5.23. The number of amides is 1. The largest absolute Gasteiger partial charge is 0.465 e. The standard InChI is InChI=1S/C12H17N5O2S/c1-20-11-10-9(3-6-17(10)16-8-15-11)7-13-4-2-5-14-12(18)19/h3,6,8,13-14H,2,4-5,7H2,1H3,(H,18,19). The minimum absolute atomic E-state index is 0.456. The van der Waals surface area contributed by atoms with Gasteiger partial charge >= 0.3 is 6.09 Å². The Kier molecular flexibility index (Phi) is 5.19. The van der Waals surface area contributed by atoms with Crippen molar-refractivity contribution < 1.29 is 9.90 Å². The van der Waals surface area contributed by atoms with Crippen molar-refractivity contribution >= 4 is 23.4 Å². The molecule has 0 aliphatic rings. The first-order valence-electron chi connectivity index (χ1n) is 6.25. The van der Waals surface area contributed by atoms with Gasteiger partial charge in [0, 0.05) is 19.3 Å². The van der Waals surface area contributed by atoms with E-state index in [0.717, 1.165) is 29.1 Å². The van der Waals surface area contributed by atoms with E-state index in [-0.39, 0.29) is 0 Å². The number of nitrogens with zero attached hydrogens (tertiary/aromatic N) is 3. The second-order valence-corrected chi connectivity index (χ2v) is 4.96. The number of nitrogens with one attached hydrogen (secondary N) is 2. The van der Waals surface area contributed by atoms with Gasteiger partial charge in [0.05, 0.1) is 0 Å². The minimum atomic E-state index is -0.981. The van der Waals surface area contributed by atoms with Gasteiger partial charge in [0.15, 0.2) is 0 Å².